The lowest BCUT2D eigenvalue weighted by Crippen LogP contribution is -2.27. The number of amides is 1. The van der Waals surface area contributed by atoms with E-state index in [1.807, 2.05) is 30.3 Å². The number of nitrogens with one attached hydrogen (secondary N) is 1. The third kappa shape index (κ3) is 8.28. The fourth-order valence-electron chi connectivity index (χ4n) is 4.88. The van der Waals surface area contributed by atoms with Gasteiger partial charge < -0.3 is 25.3 Å². The molecule has 49 heavy (non-hydrogen) atoms. The number of anilines is 2. The van der Waals surface area contributed by atoms with Crippen LogP contribution in [-0.2, 0) is 20.8 Å². The van der Waals surface area contributed by atoms with E-state index in [1.54, 1.807) is 77.9 Å². The summed E-state index contributed by atoms with van der Waals surface area (Å²) in [7, 11) is 0. The van der Waals surface area contributed by atoms with E-state index in [1.165, 1.54) is 18.3 Å². The molecule has 0 saturated heterocycles. The minimum atomic E-state index is -0.846. The largest absolute Gasteiger partial charge is 0.457 e. The monoisotopic (exact) mass is 663 g/mol. The molecule has 0 spiro atoms. The van der Waals surface area contributed by atoms with E-state index in [0.717, 1.165) is 10.1 Å². The summed E-state index contributed by atoms with van der Waals surface area (Å²) >= 11 is 0. The number of hydrogen-bond acceptors (Lipinski definition) is 10. The molecule has 3 N–H and O–H groups in total. The molecule has 2 heterocycles. The van der Waals surface area contributed by atoms with Crippen molar-refractivity contribution in [3.8, 4) is 11.1 Å². The molecule has 2 aromatic heterocycles. The van der Waals surface area contributed by atoms with Gasteiger partial charge in [0.15, 0.2) is 0 Å². The number of hydrogen-bond donors (Lipinski definition) is 2. The molecule has 0 fully saturated rings. The third-order valence-corrected chi connectivity index (χ3v) is 6.91. The highest BCUT2D eigenvalue weighted by molar-refractivity contribution is 6.10. The van der Waals surface area contributed by atoms with Crippen LogP contribution < -0.4 is 11.1 Å². The fraction of sp³-hybridized carbons (Fsp3) is 0.243. The van der Waals surface area contributed by atoms with Crippen molar-refractivity contribution in [3.05, 3.63) is 107 Å². The van der Waals surface area contributed by atoms with E-state index in [0.29, 0.717) is 27.8 Å². The van der Waals surface area contributed by atoms with Gasteiger partial charge in [0.2, 0.25) is 5.95 Å². The maximum absolute atomic E-state index is 13.8. The maximum atomic E-state index is 13.8. The topological polar surface area (TPSA) is 165 Å². The second kappa shape index (κ2) is 13.6. The van der Waals surface area contributed by atoms with Crippen molar-refractivity contribution in [2.75, 3.05) is 11.1 Å². The van der Waals surface area contributed by atoms with Crippen LogP contribution in [0.2, 0.25) is 0 Å². The molecule has 5 rings (SSSR count). The zero-order chi connectivity index (χ0) is 35.5. The molecule has 12 nitrogen and oxygen atoms in total. The second-order valence-electron chi connectivity index (χ2n) is 13.2. The van der Waals surface area contributed by atoms with Gasteiger partial charge in [-0.3, -0.25) is 9.78 Å². The summed E-state index contributed by atoms with van der Waals surface area (Å²) in [6.45, 7) is 10.4. The Labute approximate surface area is 283 Å². The van der Waals surface area contributed by atoms with Crippen LogP contribution in [0.4, 0.5) is 16.4 Å². The van der Waals surface area contributed by atoms with Gasteiger partial charge in [0.05, 0.1) is 22.2 Å². The number of nitrogens with two attached hydrogens (primary N) is 1. The smallest absolute Gasteiger partial charge is 0.421 e. The van der Waals surface area contributed by atoms with Crippen LogP contribution in [0.5, 0.6) is 0 Å². The Morgan fingerprint density at radius 2 is 1.51 bits per heavy atom. The maximum Gasteiger partial charge on any atom is 0.421 e. The molecule has 5 aromatic rings. The molecule has 12 heteroatoms. The van der Waals surface area contributed by atoms with E-state index in [2.05, 4.69) is 15.3 Å². The van der Waals surface area contributed by atoms with Crippen LogP contribution in [0.1, 0.15) is 78.3 Å². The lowest BCUT2D eigenvalue weighted by atomic mass is 9.95. The van der Waals surface area contributed by atoms with Crippen molar-refractivity contribution >= 4 is 46.6 Å². The first-order valence-corrected chi connectivity index (χ1v) is 15.5. The lowest BCUT2D eigenvalue weighted by Gasteiger charge is -2.21. The predicted molar refractivity (Wildman–Crippen MR) is 184 cm³/mol. The molecule has 0 aliphatic carbocycles. The number of pyridine rings is 1. The summed E-state index contributed by atoms with van der Waals surface area (Å²) in [6.07, 6.45) is 0.729. The Morgan fingerprint density at radius 3 is 2.20 bits per heavy atom. The summed E-state index contributed by atoms with van der Waals surface area (Å²) in [5.74, 6) is -2.01. The predicted octanol–water partition coefficient (Wildman–Crippen LogP) is 7.03. The zero-order valence-electron chi connectivity index (χ0n) is 28.1. The summed E-state index contributed by atoms with van der Waals surface area (Å²) < 4.78 is 17.8. The van der Waals surface area contributed by atoms with E-state index in [9.17, 15) is 19.2 Å². The molecule has 252 valence electrons. The van der Waals surface area contributed by atoms with Crippen molar-refractivity contribution in [2.45, 2.75) is 59.4 Å². The molecule has 0 atom stereocenters. The minimum absolute atomic E-state index is 0.00743. The number of aromatic nitrogens is 3. The van der Waals surface area contributed by atoms with Crippen LogP contribution in [0.25, 0.3) is 22.2 Å². The number of rotatable bonds is 7. The van der Waals surface area contributed by atoms with Crippen LogP contribution >= 0.6 is 0 Å². The Bertz CT molecular complexity index is 2060. The van der Waals surface area contributed by atoms with Gasteiger partial charge in [0.25, 0.3) is 5.91 Å². The highest BCUT2D eigenvalue weighted by Gasteiger charge is 2.26. The Balaban J connectivity index is 1.48. The molecule has 0 radical (unpaired) electrons. The first-order valence-electron chi connectivity index (χ1n) is 15.5. The summed E-state index contributed by atoms with van der Waals surface area (Å²) in [4.78, 5) is 61.8. The number of imidazole rings is 1. The highest BCUT2D eigenvalue weighted by atomic mass is 16.6. The van der Waals surface area contributed by atoms with Gasteiger partial charge in [0, 0.05) is 17.4 Å². The van der Waals surface area contributed by atoms with E-state index in [4.69, 9.17) is 19.9 Å². The van der Waals surface area contributed by atoms with Gasteiger partial charge in [-0.25, -0.2) is 23.9 Å². The number of carbonyl (C=O) groups is 4. The zero-order valence-corrected chi connectivity index (χ0v) is 28.1. The summed E-state index contributed by atoms with van der Waals surface area (Å²) in [5, 5.41) is 2.81. The van der Waals surface area contributed by atoms with E-state index in [-0.39, 0.29) is 29.4 Å². The molecule has 0 aliphatic rings. The van der Waals surface area contributed by atoms with Crippen LogP contribution in [0, 0.1) is 0 Å². The minimum Gasteiger partial charge on any atom is -0.457 e. The van der Waals surface area contributed by atoms with Crippen molar-refractivity contribution in [3.63, 3.8) is 0 Å². The summed E-state index contributed by atoms with van der Waals surface area (Å²) in [6, 6.07) is 21.7. The van der Waals surface area contributed by atoms with Gasteiger partial charge in [-0.15, -0.1) is 0 Å². The van der Waals surface area contributed by atoms with Gasteiger partial charge in [0.1, 0.15) is 23.5 Å². The molecule has 0 unspecified atom stereocenters. The number of ether oxygens (including phenoxy) is 3. The third-order valence-electron chi connectivity index (χ3n) is 6.91. The summed E-state index contributed by atoms with van der Waals surface area (Å²) in [5.41, 5.74) is 7.09. The molecule has 0 saturated carbocycles. The number of carbonyl (C=O) groups excluding carboxylic acids is 4. The average molecular weight is 664 g/mol. The number of nitrogens with zero attached hydrogens (tertiary/aromatic N) is 3. The van der Waals surface area contributed by atoms with Crippen LogP contribution in [-0.4, -0.2) is 49.7 Å². The number of nitrogen functional groups attached to an aromatic ring is 1. The van der Waals surface area contributed by atoms with Crippen molar-refractivity contribution in [1.82, 2.24) is 14.5 Å². The standard InChI is InChI=1S/C37H37N5O7/c1-36(2,3)48-33(45)27-19-23(32(44)47-21-22-11-8-7-9-12-22)14-16-25(27)26-13-10-18-39-30(26)31(43)40-24-15-17-28-29(20-24)42(34(38)41-28)35(46)49-37(4,5)6/h7-20H,21H2,1-6H3,(H2,38,41)(H,40,43). The highest BCUT2D eigenvalue weighted by Crippen LogP contribution is 2.31. The van der Waals surface area contributed by atoms with Crippen molar-refractivity contribution < 1.29 is 33.4 Å². The van der Waals surface area contributed by atoms with Crippen LogP contribution in [0.15, 0.2) is 85.1 Å². The van der Waals surface area contributed by atoms with E-state index < -0.39 is 35.1 Å². The SMILES string of the molecule is CC(C)(C)OC(=O)c1cc(C(=O)OCc2ccccc2)ccc1-c1cccnc1C(=O)Nc1ccc2nc(N)n(C(=O)OC(C)(C)C)c2c1. The van der Waals surface area contributed by atoms with Gasteiger partial charge in [-0.05, 0) is 89.1 Å². The second-order valence-corrected chi connectivity index (χ2v) is 13.2. The normalized spacial score (nSPS) is 11.6. The first-order chi connectivity index (χ1) is 23.1. The van der Waals surface area contributed by atoms with Gasteiger partial charge in [-0.2, -0.15) is 0 Å². The Hall–Kier alpha value is -6.04. The molecule has 0 bridgehead atoms. The van der Waals surface area contributed by atoms with Gasteiger partial charge >= 0.3 is 18.0 Å². The molecule has 1 amide bonds. The quantitative estimate of drug-likeness (QED) is 0.136. The number of fused-ring (bicyclic) bond motifs is 1. The Morgan fingerprint density at radius 1 is 0.796 bits per heavy atom. The lowest BCUT2D eigenvalue weighted by molar-refractivity contribution is 0.00699. The fourth-order valence-corrected chi connectivity index (χ4v) is 4.88. The van der Waals surface area contributed by atoms with Gasteiger partial charge in [-0.1, -0.05) is 42.5 Å². The Kier molecular flexibility index (Phi) is 9.52. The first kappa shape index (κ1) is 34.3. The van der Waals surface area contributed by atoms with Crippen molar-refractivity contribution in [2.24, 2.45) is 0 Å². The number of esters is 2. The van der Waals surface area contributed by atoms with Crippen LogP contribution in [0.3, 0.4) is 0 Å². The van der Waals surface area contributed by atoms with E-state index >= 15 is 0 Å². The average Bonchev–Trinajstić information content (AvgIpc) is 3.37. The molecular formula is C37H37N5O7. The number of benzene rings is 3. The molecule has 3 aromatic carbocycles. The molecule has 0 aliphatic heterocycles. The van der Waals surface area contributed by atoms with Crippen molar-refractivity contribution in [1.29, 1.82) is 0 Å². The molecular weight excluding hydrogens is 626 g/mol.